The molecule has 0 aromatic heterocycles. The van der Waals surface area contributed by atoms with Crippen molar-refractivity contribution in [1.82, 2.24) is 0 Å². The van der Waals surface area contributed by atoms with E-state index >= 15 is 0 Å². The average Bonchev–Trinajstić information content (AvgIpc) is 2.19. The Morgan fingerprint density at radius 2 is 2.19 bits per heavy atom. The number of nitrogen functional groups attached to an aromatic ring is 1. The van der Waals surface area contributed by atoms with Crippen molar-refractivity contribution in [1.29, 1.82) is 0 Å². The van der Waals surface area contributed by atoms with Gasteiger partial charge < -0.3 is 20.9 Å². The van der Waals surface area contributed by atoms with Gasteiger partial charge in [0.1, 0.15) is 11.6 Å². The fourth-order valence-electron chi connectivity index (χ4n) is 1.78. The number of nitrogens with two attached hydrogens (primary N) is 1. The molecule has 4 nitrogen and oxygen atoms in total. The highest BCUT2D eigenvalue weighted by molar-refractivity contribution is 5.62. The molecule has 88 valence electrons. The summed E-state index contributed by atoms with van der Waals surface area (Å²) in [7, 11) is 1.49. The molecule has 0 spiro atoms. The van der Waals surface area contributed by atoms with E-state index in [4.69, 9.17) is 15.6 Å². The van der Waals surface area contributed by atoms with E-state index in [0.717, 1.165) is 0 Å². The highest BCUT2D eigenvalue weighted by Gasteiger charge is 2.27. The molecule has 1 aromatic carbocycles. The number of nitrogens with one attached hydrogen (secondary N) is 1. The Balaban J connectivity index is 2.13. The number of rotatable bonds is 3. The zero-order chi connectivity index (χ0) is 11.7. The molecule has 1 fully saturated rings. The van der Waals surface area contributed by atoms with Crippen molar-refractivity contribution in [2.45, 2.75) is 25.0 Å². The van der Waals surface area contributed by atoms with Crippen LogP contribution in [0.1, 0.15) is 12.8 Å². The Morgan fingerprint density at radius 3 is 2.75 bits per heavy atom. The van der Waals surface area contributed by atoms with Gasteiger partial charge in [-0.25, -0.2) is 4.39 Å². The largest absolute Gasteiger partial charge is 0.495 e. The second kappa shape index (κ2) is 4.17. The smallest absolute Gasteiger partial charge is 0.148 e. The Bertz CT molecular complexity index is 392. The fraction of sp³-hybridized carbons (Fsp3) is 0.455. The Kier molecular flexibility index (Phi) is 2.87. The van der Waals surface area contributed by atoms with E-state index in [1.54, 1.807) is 0 Å². The van der Waals surface area contributed by atoms with Crippen molar-refractivity contribution in [3.63, 3.8) is 0 Å². The number of aliphatic hydroxyl groups is 1. The lowest BCUT2D eigenvalue weighted by atomic mass is 9.89. The van der Waals surface area contributed by atoms with Crippen LogP contribution in [-0.2, 0) is 0 Å². The van der Waals surface area contributed by atoms with Crippen molar-refractivity contribution in [3.8, 4) is 5.75 Å². The van der Waals surface area contributed by atoms with Gasteiger partial charge in [-0.3, -0.25) is 0 Å². The molecule has 16 heavy (non-hydrogen) atoms. The second-order valence-corrected chi connectivity index (χ2v) is 4.04. The van der Waals surface area contributed by atoms with Crippen LogP contribution >= 0.6 is 0 Å². The molecule has 0 bridgehead atoms. The highest BCUT2D eigenvalue weighted by atomic mass is 19.1. The maximum Gasteiger partial charge on any atom is 0.148 e. The first-order valence-electron chi connectivity index (χ1n) is 5.17. The molecule has 5 heteroatoms. The van der Waals surface area contributed by atoms with Crippen LogP contribution in [0.3, 0.4) is 0 Å². The number of hydrogen-bond acceptors (Lipinski definition) is 4. The minimum absolute atomic E-state index is 0.123. The molecule has 0 unspecified atom stereocenters. The first kappa shape index (κ1) is 11.0. The van der Waals surface area contributed by atoms with Crippen LogP contribution in [0.2, 0.25) is 0 Å². The number of hydrogen-bond donors (Lipinski definition) is 3. The van der Waals surface area contributed by atoms with Crippen LogP contribution in [0.4, 0.5) is 15.8 Å². The first-order chi connectivity index (χ1) is 7.60. The van der Waals surface area contributed by atoms with Gasteiger partial charge in [0, 0.05) is 18.2 Å². The van der Waals surface area contributed by atoms with Gasteiger partial charge in [0.15, 0.2) is 0 Å². The van der Waals surface area contributed by atoms with Crippen molar-refractivity contribution in [3.05, 3.63) is 17.9 Å². The molecule has 2 rings (SSSR count). The van der Waals surface area contributed by atoms with Gasteiger partial charge in [0.2, 0.25) is 0 Å². The van der Waals surface area contributed by atoms with Gasteiger partial charge >= 0.3 is 0 Å². The van der Waals surface area contributed by atoms with E-state index < -0.39 is 5.82 Å². The molecular formula is C11H15FN2O2. The van der Waals surface area contributed by atoms with E-state index in [0.29, 0.717) is 24.3 Å². The van der Waals surface area contributed by atoms with Crippen LogP contribution in [0.5, 0.6) is 5.75 Å². The molecule has 1 aliphatic carbocycles. The zero-order valence-electron chi connectivity index (χ0n) is 9.03. The van der Waals surface area contributed by atoms with Crippen LogP contribution in [-0.4, -0.2) is 24.4 Å². The topological polar surface area (TPSA) is 67.5 Å². The van der Waals surface area contributed by atoms with E-state index in [9.17, 15) is 4.39 Å². The summed E-state index contributed by atoms with van der Waals surface area (Å²) in [5.74, 6) is 0.0449. The summed E-state index contributed by atoms with van der Waals surface area (Å²) in [5, 5.41) is 12.1. The maximum atomic E-state index is 13.5. The molecule has 1 saturated carbocycles. The molecule has 0 heterocycles. The zero-order valence-corrected chi connectivity index (χ0v) is 9.03. The van der Waals surface area contributed by atoms with Gasteiger partial charge in [-0.15, -0.1) is 0 Å². The Labute approximate surface area is 93.2 Å². The fourth-order valence-corrected chi connectivity index (χ4v) is 1.78. The van der Waals surface area contributed by atoms with Gasteiger partial charge in [0.25, 0.3) is 0 Å². The predicted molar refractivity (Wildman–Crippen MR) is 60.0 cm³/mol. The van der Waals surface area contributed by atoms with Crippen LogP contribution in [0, 0.1) is 5.82 Å². The molecule has 0 saturated heterocycles. The number of methoxy groups -OCH3 is 1. The third kappa shape index (κ3) is 2.04. The minimum Gasteiger partial charge on any atom is -0.495 e. The third-order valence-corrected chi connectivity index (χ3v) is 2.79. The van der Waals surface area contributed by atoms with Crippen molar-refractivity contribution in [2.24, 2.45) is 0 Å². The lowest BCUT2D eigenvalue weighted by molar-refractivity contribution is 0.0835. The summed E-state index contributed by atoms with van der Waals surface area (Å²) >= 11 is 0. The number of benzene rings is 1. The Hall–Kier alpha value is -1.49. The normalized spacial score (nSPS) is 23.7. The van der Waals surface area contributed by atoms with Crippen LogP contribution < -0.4 is 15.8 Å². The van der Waals surface area contributed by atoms with Crippen molar-refractivity contribution in [2.75, 3.05) is 18.2 Å². The van der Waals surface area contributed by atoms with Crippen LogP contribution in [0.15, 0.2) is 12.1 Å². The second-order valence-electron chi connectivity index (χ2n) is 4.04. The lowest BCUT2D eigenvalue weighted by Gasteiger charge is -2.33. The average molecular weight is 226 g/mol. The van der Waals surface area contributed by atoms with Gasteiger partial charge in [0.05, 0.1) is 24.6 Å². The molecule has 1 aliphatic rings. The maximum absolute atomic E-state index is 13.5. The van der Waals surface area contributed by atoms with Crippen molar-refractivity contribution >= 4 is 11.4 Å². The summed E-state index contributed by atoms with van der Waals surface area (Å²) in [5.41, 5.74) is 6.21. The number of ether oxygens (including phenoxy) is 1. The summed E-state index contributed by atoms with van der Waals surface area (Å²) < 4.78 is 18.5. The quantitative estimate of drug-likeness (QED) is 0.681. The molecule has 1 aromatic rings. The molecule has 0 amide bonds. The molecule has 4 N–H and O–H groups in total. The summed E-state index contributed by atoms with van der Waals surface area (Å²) in [6.45, 7) is 0. The first-order valence-corrected chi connectivity index (χ1v) is 5.17. The minimum atomic E-state index is -0.403. The summed E-state index contributed by atoms with van der Waals surface area (Å²) in [4.78, 5) is 0. The van der Waals surface area contributed by atoms with E-state index in [2.05, 4.69) is 5.32 Å². The summed E-state index contributed by atoms with van der Waals surface area (Å²) in [6.07, 6.45) is 1.02. The predicted octanol–water partition coefficient (Wildman–Crippen LogP) is 1.35. The van der Waals surface area contributed by atoms with Gasteiger partial charge in [-0.1, -0.05) is 0 Å². The van der Waals surface area contributed by atoms with Crippen LogP contribution in [0.25, 0.3) is 0 Å². The van der Waals surface area contributed by atoms with Crippen molar-refractivity contribution < 1.29 is 14.2 Å². The third-order valence-electron chi connectivity index (χ3n) is 2.79. The lowest BCUT2D eigenvalue weighted by Crippen LogP contribution is -2.39. The highest BCUT2D eigenvalue weighted by Crippen LogP contribution is 2.31. The van der Waals surface area contributed by atoms with E-state index in [1.807, 2.05) is 0 Å². The van der Waals surface area contributed by atoms with E-state index in [-0.39, 0.29) is 17.8 Å². The molecule has 0 radical (unpaired) electrons. The summed E-state index contributed by atoms with van der Waals surface area (Å²) in [6, 6.07) is 2.89. The molecular weight excluding hydrogens is 211 g/mol. The monoisotopic (exact) mass is 226 g/mol. The standard InChI is InChI=1S/C11H15FN2O2/c1-16-11-5-10(8(12)4-9(11)13)14-6-2-7(15)3-6/h4-7,14-15H,2-3,13H2,1H3. The SMILES string of the molecule is COc1cc(NC2CC(O)C2)c(F)cc1N. The number of aliphatic hydroxyl groups excluding tert-OH is 1. The van der Waals surface area contributed by atoms with Gasteiger partial charge in [-0.05, 0) is 12.8 Å². The number of halogens is 1. The molecule has 0 atom stereocenters. The Morgan fingerprint density at radius 1 is 1.50 bits per heavy atom. The van der Waals surface area contributed by atoms with Gasteiger partial charge in [-0.2, -0.15) is 0 Å². The molecule has 0 aliphatic heterocycles. The number of anilines is 2. The van der Waals surface area contributed by atoms with E-state index in [1.165, 1.54) is 19.2 Å².